The predicted octanol–water partition coefficient (Wildman–Crippen LogP) is 2.91. The quantitative estimate of drug-likeness (QED) is 0.782. The summed E-state index contributed by atoms with van der Waals surface area (Å²) in [6.45, 7) is 9.98. The fourth-order valence-corrected chi connectivity index (χ4v) is 2.92. The molecule has 0 saturated carbocycles. The minimum Gasteiger partial charge on any atom is -0.396 e. The highest BCUT2D eigenvalue weighted by atomic mass is 16.3. The van der Waals surface area contributed by atoms with E-state index in [9.17, 15) is 5.11 Å². The number of piperidine rings is 1. The minimum absolute atomic E-state index is 0.182. The fourth-order valence-electron chi connectivity index (χ4n) is 2.92. The average molecular weight is 215 g/mol. The van der Waals surface area contributed by atoms with Gasteiger partial charge < -0.3 is 10.0 Å². The molecule has 0 radical (unpaired) electrons. The Labute approximate surface area is 95.7 Å². The number of hydrogen-bond acceptors (Lipinski definition) is 2. The summed E-state index contributed by atoms with van der Waals surface area (Å²) in [7, 11) is 2.19. The zero-order valence-electron chi connectivity index (χ0n) is 11.2. The maximum Gasteiger partial charge on any atom is 0.0502 e. The van der Waals surface area contributed by atoms with Crippen molar-refractivity contribution in [2.75, 3.05) is 20.2 Å². The first-order valence-corrected chi connectivity index (χ1v) is 6.51. The van der Waals surface area contributed by atoms with Crippen molar-refractivity contribution in [2.24, 2.45) is 5.41 Å². The van der Waals surface area contributed by atoms with Gasteiger partial charge in [0.15, 0.2) is 0 Å². The molecule has 0 unspecified atom stereocenters. The molecule has 0 aromatic carbocycles. The number of likely N-dealkylation sites (tertiary alicyclic amines) is 1. The molecule has 2 heteroatoms. The Hall–Kier alpha value is -0.0800. The molecule has 1 aliphatic rings. The molecule has 1 aliphatic heterocycles. The van der Waals surface area contributed by atoms with Crippen LogP contribution in [0.3, 0.4) is 0 Å². The summed E-state index contributed by atoms with van der Waals surface area (Å²) < 4.78 is 0. The minimum atomic E-state index is 0.182. The van der Waals surface area contributed by atoms with Crippen molar-refractivity contribution in [3.8, 4) is 0 Å². The van der Waals surface area contributed by atoms with E-state index in [-0.39, 0.29) is 5.41 Å². The third-order valence-electron chi connectivity index (χ3n) is 3.83. The standard InChI is InChI=1S/C11H23NO.C2H6/c1-4-10-11(5-2,9-13)7-6-8-12(10)3;1-2/h10,13H,4-9H2,1-3H3;1-2H3/t10-,11-;/m1./s1. The topological polar surface area (TPSA) is 23.5 Å². The summed E-state index contributed by atoms with van der Waals surface area (Å²) in [5.74, 6) is 0. The van der Waals surface area contributed by atoms with Gasteiger partial charge in [0.25, 0.3) is 0 Å². The van der Waals surface area contributed by atoms with Gasteiger partial charge in [-0.15, -0.1) is 0 Å². The van der Waals surface area contributed by atoms with E-state index in [0.717, 1.165) is 12.8 Å². The molecule has 0 aliphatic carbocycles. The SMILES string of the molecule is CC.CC[C@H]1N(C)CCC[C@]1(CC)CO. The van der Waals surface area contributed by atoms with Crippen LogP contribution in [0.4, 0.5) is 0 Å². The number of rotatable bonds is 3. The lowest BCUT2D eigenvalue weighted by molar-refractivity contribution is -0.0192. The van der Waals surface area contributed by atoms with Crippen molar-refractivity contribution < 1.29 is 5.11 Å². The Kier molecular flexibility index (Phi) is 7.20. The molecule has 0 aromatic heterocycles. The van der Waals surface area contributed by atoms with Gasteiger partial charge in [-0.05, 0) is 39.3 Å². The van der Waals surface area contributed by atoms with E-state index in [2.05, 4.69) is 25.8 Å². The van der Waals surface area contributed by atoms with Crippen molar-refractivity contribution in [1.82, 2.24) is 4.90 Å². The molecule has 92 valence electrons. The lowest BCUT2D eigenvalue weighted by Gasteiger charge is -2.47. The second-order valence-corrected chi connectivity index (χ2v) is 4.38. The van der Waals surface area contributed by atoms with E-state index in [4.69, 9.17) is 0 Å². The third kappa shape index (κ3) is 3.18. The molecular weight excluding hydrogens is 186 g/mol. The molecule has 15 heavy (non-hydrogen) atoms. The lowest BCUT2D eigenvalue weighted by Crippen LogP contribution is -2.51. The van der Waals surface area contributed by atoms with Gasteiger partial charge in [-0.3, -0.25) is 0 Å². The summed E-state index contributed by atoms with van der Waals surface area (Å²) in [4.78, 5) is 2.42. The van der Waals surface area contributed by atoms with Crippen LogP contribution in [0.2, 0.25) is 0 Å². The van der Waals surface area contributed by atoms with Crippen molar-refractivity contribution in [2.45, 2.75) is 59.4 Å². The van der Waals surface area contributed by atoms with Crippen LogP contribution < -0.4 is 0 Å². The molecule has 0 aromatic rings. The first-order valence-electron chi connectivity index (χ1n) is 6.51. The van der Waals surface area contributed by atoms with E-state index in [1.807, 2.05) is 13.8 Å². The van der Waals surface area contributed by atoms with Crippen molar-refractivity contribution >= 4 is 0 Å². The fraction of sp³-hybridized carbons (Fsp3) is 1.00. The van der Waals surface area contributed by atoms with Crippen LogP contribution in [0.1, 0.15) is 53.4 Å². The molecular formula is C13H29NO. The largest absolute Gasteiger partial charge is 0.396 e. The molecule has 1 N–H and O–H groups in total. The van der Waals surface area contributed by atoms with Crippen molar-refractivity contribution in [3.05, 3.63) is 0 Å². The first-order chi connectivity index (χ1) is 7.20. The van der Waals surface area contributed by atoms with E-state index in [1.165, 1.54) is 19.4 Å². The van der Waals surface area contributed by atoms with Crippen molar-refractivity contribution in [3.63, 3.8) is 0 Å². The second-order valence-electron chi connectivity index (χ2n) is 4.38. The van der Waals surface area contributed by atoms with E-state index in [0.29, 0.717) is 12.6 Å². The maximum absolute atomic E-state index is 9.53. The highest BCUT2D eigenvalue weighted by molar-refractivity contribution is 4.93. The molecule has 1 rings (SSSR count). The van der Waals surface area contributed by atoms with Gasteiger partial charge in [-0.2, -0.15) is 0 Å². The summed E-state index contributed by atoms with van der Waals surface area (Å²) in [5, 5.41) is 9.53. The van der Waals surface area contributed by atoms with E-state index in [1.54, 1.807) is 0 Å². The van der Waals surface area contributed by atoms with Crippen molar-refractivity contribution in [1.29, 1.82) is 0 Å². The molecule has 1 fully saturated rings. The summed E-state index contributed by atoms with van der Waals surface area (Å²) in [6, 6.07) is 0.580. The average Bonchev–Trinajstić information content (AvgIpc) is 2.31. The Balaban J connectivity index is 0.000000921. The van der Waals surface area contributed by atoms with Gasteiger partial charge in [0.1, 0.15) is 0 Å². The molecule has 0 bridgehead atoms. The van der Waals surface area contributed by atoms with Crippen LogP contribution >= 0.6 is 0 Å². The second kappa shape index (κ2) is 7.24. The monoisotopic (exact) mass is 215 g/mol. The maximum atomic E-state index is 9.53. The van der Waals surface area contributed by atoms with Gasteiger partial charge in [-0.25, -0.2) is 0 Å². The van der Waals surface area contributed by atoms with Gasteiger partial charge in [0.2, 0.25) is 0 Å². The number of hydrogen-bond donors (Lipinski definition) is 1. The van der Waals surface area contributed by atoms with E-state index < -0.39 is 0 Å². The van der Waals surface area contributed by atoms with Crippen LogP contribution in [0.5, 0.6) is 0 Å². The zero-order chi connectivity index (χ0) is 11.9. The summed E-state index contributed by atoms with van der Waals surface area (Å²) in [6.07, 6.45) is 4.70. The third-order valence-corrected chi connectivity index (χ3v) is 3.83. The van der Waals surface area contributed by atoms with Crippen LogP contribution in [0.15, 0.2) is 0 Å². The van der Waals surface area contributed by atoms with Gasteiger partial charge >= 0.3 is 0 Å². The van der Waals surface area contributed by atoms with Crippen LogP contribution in [0.25, 0.3) is 0 Å². The lowest BCUT2D eigenvalue weighted by atomic mass is 9.71. The zero-order valence-corrected chi connectivity index (χ0v) is 11.2. The van der Waals surface area contributed by atoms with Gasteiger partial charge in [0.05, 0.1) is 6.61 Å². The smallest absolute Gasteiger partial charge is 0.0502 e. The summed E-state index contributed by atoms with van der Waals surface area (Å²) >= 11 is 0. The number of aliphatic hydroxyl groups excluding tert-OH is 1. The van der Waals surface area contributed by atoms with Crippen LogP contribution in [0, 0.1) is 5.41 Å². The Bertz CT molecular complexity index is 155. The first kappa shape index (κ1) is 14.9. The predicted molar refractivity (Wildman–Crippen MR) is 67.1 cm³/mol. The van der Waals surface area contributed by atoms with E-state index >= 15 is 0 Å². The highest BCUT2D eigenvalue weighted by Crippen LogP contribution is 2.39. The van der Waals surface area contributed by atoms with Gasteiger partial charge in [-0.1, -0.05) is 27.7 Å². The molecule has 1 saturated heterocycles. The highest BCUT2D eigenvalue weighted by Gasteiger charge is 2.40. The van der Waals surface area contributed by atoms with Crippen LogP contribution in [-0.2, 0) is 0 Å². The normalized spacial score (nSPS) is 32.0. The Morgan fingerprint density at radius 1 is 1.33 bits per heavy atom. The molecule has 0 spiro atoms. The number of aliphatic hydroxyl groups is 1. The molecule has 2 atom stereocenters. The Morgan fingerprint density at radius 3 is 2.27 bits per heavy atom. The van der Waals surface area contributed by atoms with Gasteiger partial charge in [0, 0.05) is 11.5 Å². The summed E-state index contributed by atoms with van der Waals surface area (Å²) in [5.41, 5.74) is 0.182. The molecule has 1 heterocycles. The molecule has 2 nitrogen and oxygen atoms in total. The molecule has 0 amide bonds. The van der Waals surface area contributed by atoms with Crippen LogP contribution in [-0.4, -0.2) is 36.2 Å². The number of nitrogens with zero attached hydrogens (tertiary/aromatic N) is 1. The Morgan fingerprint density at radius 2 is 1.93 bits per heavy atom.